The van der Waals surface area contributed by atoms with Gasteiger partial charge in [0.25, 0.3) is 0 Å². The Kier molecular flexibility index (Phi) is 4.17. The van der Waals surface area contributed by atoms with Gasteiger partial charge in [-0.25, -0.2) is 9.97 Å². The lowest BCUT2D eigenvalue weighted by molar-refractivity contribution is 1.24. The molecule has 0 saturated heterocycles. The number of benzene rings is 6. The summed E-state index contributed by atoms with van der Waals surface area (Å²) in [6, 6.07) is 39.0. The monoisotopic (exact) mass is 518 g/mol. The molecule has 4 heteroatoms. The van der Waals surface area contributed by atoms with Gasteiger partial charge in [-0.15, -0.1) is 11.3 Å². The third kappa shape index (κ3) is 2.79. The Morgan fingerprint density at radius 2 is 1.32 bits per heavy atom. The van der Waals surface area contributed by atoms with Crippen molar-refractivity contribution in [1.29, 1.82) is 0 Å². The van der Waals surface area contributed by atoms with E-state index in [-0.39, 0.29) is 0 Å². The fraction of sp³-hybridized carbons (Fsp3) is 0. The van der Waals surface area contributed by atoms with E-state index in [1.165, 1.54) is 46.1 Å². The summed E-state index contributed by atoms with van der Waals surface area (Å²) < 4.78 is 2.64. The molecule has 2 aromatic heterocycles. The van der Waals surface area contributed by atoms with E-state index in [1.807, 2.05) is 23.1 Å². The van der Waals surface area contributed by atoms with Crippen molar-refractivity contribution in [2.24, 2.45) is 0 Å². The Morgan fingerprint density at radius 1 is 0.526 bits per heavy atom. The zero-order valence-corrected chi connectivity index (χ0v) is 21.7. The molecule has 0 N–H and O–H groups in total. The summed E-state index contributed by atoms with van der Waals surface area (Å²) in [4.78, 5) is 13.2. The van der Waals surface area contributed by atoms with E-state index < -0.39 is 0 Å². The molecule has 38 heavy (non-hydrogen) atoms. The first kappa shape index (κ1) is 20.8. The van der Waals surface area contributed by atoms with E-state index in [2.05, 4.69) is 109 Å². The van der Waals surface area contributed by atoms with Gasteiger partial charge in [-0.1, -0.05) is 90.6 Å². The van der Waals surface area contributed by atoms with Crippen molar-refractivity contribution >= 4 is 75.7 Å². The first-order valence-electron chi connectivity index (χ1n) is 12.7. The lowest BCUT2D eigenvalue weighted by Gasteiger charge is -2.17. The molecule has 176 valence electrons. The second-order valence-electron chi connectivity index (χ2n) is 9.75. The second-order valence-corrected chi connectivity index (χ2v) is 11.9. The largest absolute Gasteiger partial charge is 0.227 e. The molecule has 9 rings (SSSR count). The van der Waals surface area contributed by atoms with Gasteiger partial charge < -0.3 is 0 Å². The van der Waals surface area contributed by atoms with Crippen molar-refractivity contribution in [2.45, 2.75) is 9.79 Å². The normalized spacial score (nSPS) is 12.6. The average Bonchev–Trinajstić information content (AvgIpc) is 3.36. The van der Waals surface area contributed by atoms with Gasteiger partial charge >= 0.3 is 0 Å². The van der Waals surface area contributed by atoms with E-state index in [0.717, 1.165) is 38.9 Å². The molecule has 1 aliphatic rings. The first-order valence-corrected chi connectivity index (χ1v) is 14.3. The highest BCUT2D eigenvalue weighted by Gasteiger charge is 2.24. The van der Waals surface area contributed by atoms with Crippen LogP contribution < -0.4 is 0 Å². The van der Waals surface area contributed by atoms with Crippen LogP contribution in [0, 0.1) is 0 Å². The number of rotatable bonds is 2. The fourth-order valence-corrected chi connectivity index (χ4v) is 8.38. The maximum absolute atomic E-state index is 5.30. The smallest absolute Gasteiger partial charge is 0.161 e. The summed E-state index contributed by atoms with van der Waals surface area (Å²) in [5.41, 5.74) is 4.17. The molecule has 0 fully saturated rings. The minimum atomic E-state index is 0.778. The van der Waals surface area contributed by atoms with Gasteiger partial charge in [0.2, 0.25) is 0 Å². The summed E-state index contributed by atoms with van der Waals surface area (Å²) >= 11 is 3.75. The highest BCUT2D eigenvalue weighted by Crippen LogP contribution is 2.52. The molecule has 0 spiro atoms. The standard InChI is InChI=1S/C34H18N2S2/c1-2-9-20(10-3-1)32-23-17-16-19-8-4-5-11-21(19)33(23)36-34(35-32)24-18-28-31-29-22(24)12-6-13-25(29)37-26-14-7-15-27(38-28)30(26)31/h1-18H. The van der Waals surface area contributed by atoms with Gasteiger partial charge in [-0.05, 0) is 41.1 Å². The number of fused-ring (bicyclic) bond motifs is 3. The zero-order chi connectivity index (χ0) is 24.8. The molecule has 8 aromatic rings. The molecule has 0 radical (unpaired) electrons. The van der Waals surface area contributed by atoms with E-state index in [9.17, 15) is 0 Å². The van der Waals surface area contributed by atoms with Crippen molar-refractivity contribution in [1.82, 2.24) is 9.97 Å². The molecule has 1 aliphatic heterocycles. The fourth-order valence-electron chi connectivity index (χ4n) is 5.98. The van der Waals surface area contributed by atoms with Gasteiger partial charge in [0.1, 0.15) is 0 Å². The lowest BCUT2D eigenvalue weighted by Crippen LogP contribution is -1.97. The van der Waals surface area contributed by atoms with Crippen LogP contribution in [0.2, 0.25) is 0 Å². The molecule has 0 amide bonds. The van der Waals surface area contributed by atoms with Crippen LogP contribution in [0.4, 0.5) is 0 Å². The van der Waals surface area contributed by atoms with Crippen molar-refractivity contribution in [3.63, 3.8) is 0 Å². The molecule has 0 bridgehead atoms. The van der Waals surface area contributed by atoms with E-state index in [0.29, 0.717) is 0 Å². The average molecular weight is 519 g/mol. The summed E-state index contributed by atoms with van der Waals surface area (Å²) in [5.74, 6) is 0.778. The van der Waals surface area contributed by atoms with Crippen LogP contribution >= 0.6 is 23.1 Å². The van der Waals surface area contributed by atoms with Crippen LogP contribution in [0.3, 0.4) is 0 Å². The summed E-state index contributed by atoms with van der Waals surface area (Å²) in [5, 5.41) is 8.74. The summed E-state index contributed by atoms with van der Waals surface area (Å²) in [6.07, 6.45) is 0. The SMILES string of the molecule is c1ccc(-c2nc(-c3cc4sc5cccc6c5c4c4c(cccc34)S6)nc3c2ccc2ccccc23)cc1. The number of nitrogens with zero attached hydrogens (tertiary/aromatic N) is 2. The van der Waals surface area contributed by atoms with Crippen LogP contribution in [0.1, 0.15) is 0 Å². The highest BCUT2D eigenvalue weighted by molar-refractivity contribution is 8.00. The van der Waals surface area contributed by atoms with E-state index in [4.69, 9.17) is 9.97 Å². The minimum absolute atomic E-state index is 0.778. The number of hydrogen-bond donors (Lipinski definition) is 0. The third-order valence-corrected chi connectivity index (χ3v) is 9.87. The second kappa shape index (κ2) is 7.64. The van der Waals surface area contributed by atoms with Crippen molar-refractivity contribution in [2.75, 3.05) is 0 Å². The molecule has 0 atom stereocenters. The maximum Gasteiger partial charge on any atom is 0.161 e. The Labute approximate surface area is 226 Å². The van der Waals surface area contributed by atoms with Crippen LogP contribution in [0.15, 0.2) is 119 Å². The van der Waals surface area contributed by atoms with Gasteiger partial charge in [-0.2, -0.15) is 0 Å². The molecule has 0 aliphatic carbocycles. The Bertz CT molecular complexity index is 2270. The predicted octanol–water partition coefficient (Wildman–Crippen LogP) is 10.1. The van der Waals surface area contributed by atoms with Crippen molar-refractivity contribution < 1.29 is 0 Å². The Hall–Kier alpha value is -4.25. The van der Waals surface area contributed by atoms with Crippen molar-refractivity contribution in [3.05, 3.63) is 109 Å². The first-order chi connectivity index (χ1) is 18.8. The summed E-state index contributed by atoms with van der Waals surface area (Å²) in [7, 11) is 0. The van der Waals surface area contributed by atoms with Gasteiger partial charge in [0, 0.05) is 57.2 Å². The lowest BCUT2D eigenvalue weighted by atomic mass is 9.97. The highest BCUT2D eigenvalue weighted by atomic mass is 32.2. The zero-order valence-electron chi connectivity index (χ0n) is 20.1. The molecule has 0 unspecified atom stereocenters. The Balaban J connectivity index is 1.46. The van der Waals surface area contributed by atoms with Crippen LogP contribution in [-0.4, -0.2) is 9.97 Å². The molecule has 3 heterocycles. The summed E-state index contributed by atoms with van der Waals surface area (Å²) in [6.45, 7) is 0. The molecular weight excluding hydrogens is 501 g/mol. The number of thiophene rings is 1. The van der Waals surface area contributed by atoms with Gasteiger partial charge in [0.05, 0.1) is 11.2 Å². The molecular formula is C34H18N2S2. The maximum atomic E-state index is 5.30. The topological polar surface area (TPSA) is 25.8 Å². The van der Waals surface area contributed by atoms with E-state index in [1.54, 1.807) is 0 Å². The third-order valence-electron chi connectivity index (χ3n) is 7.65. The van der Waals surface area contributed by atoms with Crippen LogP contribution in [-0.2, 0) is 0 Å². The number of aromatic nitrogens is 2. The van der Waals surface area contributed by atoms with Crippen LogP contribution in [0.25, 0.3) is 75.3 Å². The van der Waals surface area contributed by atoms with Gasteiger partial charge in [-0.3, -0.25) is 0 Å². The Morgan fingerprint density at radius 3 is 2.24 bits per heavy atom. The van der Waals surface area contributed by atoms with E-state index >= 15 is 0 Å². The molecule has 2 nitrogen and oxygen atoms in total. The van der Waals surface area contributed by atoms with Crippen LogP contribution in [0.5, 0.6) is 0 Å². The molecule has 6 aromatic carbocycles. The quantitative estimate of drug-likeness (QED) is 0.213. The van der Waals surface area contributed by atoms with Crippen molar-refractivity contribution in [3.8, 4) is 22.6 Å². The van der Waals surface area contributed by atoms with Gasteiger partial charge in [0.15, 0.2) is 5.82 Å². The number of hydrogen-bond acceptors (Lipinski definition) is 4. The minimum Gasteiger partial charge on any atom is -0.227 e. The molecule has 0 saturated carbocycles. The predicted molar refractivity (Wildman–Crippen MR) is 162 cm³/mol.